The van der Waals surface area contributed by atoms with Crippen LogP contribution in [0, 0.1) is 5.92 Å². The van der Waals surface area contributed by atoms with Crippen molar-refractivity contribution < 1.29 is 0 Å². The molecular formula is C15H25N. The molecular weight excluding hydrogens is 194 g/mol. The second-order valence-electron chi connectivity index (χ2n) is 5.75. The number of allylic oxidation sites excluding steroid dienone is 2. The van der Waals surface area contributed by atoms with Crippen LogP contribution in [0.3, 0.4) is 0 Å². The molecule has 0 aromatic carbocycles. The average molecular weight is 219 g/mol. The first kappa shape index (κ1) is 11.9. The summed E-state index contributed by atoms with van der Waals surface area (Å²) in [4.78, 5) is 2.62. The number of rotatable bonds is 1. The molecule has 0 radical (unpaired) electrons. The van der Waals surface area contributed by atoms with Crippen LogP contribution in [0.1, 0.15) is 47.0 Å². The lowest BCUT2D eigenvalue weighted by Gasteiger charge is -2.24. The van der Waals surface area contributed by atoms with Crippen molar-refractivity contribution in [1.82, 2.24) is 4.90 Å². The van der Waals surface area contributed by atoms with Crippen molar-refractivity contribution in [2.75, 3.05) is 13.1 Å². The zero-order chi connectivity index (χ0) is 11.7. The van der Waals surface area contributed by atoms with Crippen LogP contribution < -0.4 is 0 Å². The minimum absolute atomic E-state index is 0.698. The van der Waals surface area contributed by atoms with Crippen molar-refractivity contribution in [3.05, 3.63) is 22.8 Å². The van der Waals surface area contributed by atoms with Crippen molar-refractivity contribution in [1.29, 1.82) is 0 Å². The summed E-state index contributed by atoms with van der Waals surface area (Å²) >= 11 is 0. The molecule has 0 fully saturated rings. The first-order valence-electron chi connectivity index (χ1n) is 6.71. The number of nitrogens with zero attached hydrogens (tertiary/aromatic N) is 1. The fourth-order valence-electron chi connectivity index (χ4n) is 2.86. The molecule has 0 aromatic rings. The van der Waals surface area contributed by atoms with Gasteiger partial charge in [0.25, 0.3) is 0 Å². The van der Waals surface area contributed by atoms with Gasteiger partial charge < -0.3 is 4.90 Å². The van der Waals surface area contributed by atoms with Crippen molar-refractivity contribution in [3.8, 4) is 0 Å². The molecule has 1 atom stereocenters. The third kappa shape index (κ3) is 2.40. The van der Waals surface area contributed by atoms with E-state index in [1.54, 1.807) is 16.7 Å². The maximum absolute atomic E-state index is 2.62. The standard InChI is InChI=1S/C15H25N/c1-11(2)16-7-5-14-9-12(3)13(4)10-15(14)6-8-16/h9,11,13H,5-8,10H2,1-4H3. The lowest BCUT2D eigenvalue weighted by Crippen LogP contribution is -2.31. The molecule has 0 spiro atoms. The van der Waals surface area contributed by atoms with Gasteiger partial charge in [0, 0.05) is 19.1 Å². The summed E-state index contributed by atoms with van der Waals surface area (Å²) in [5, 5.41) is 0. The molecule has 0 bridgehead atoms. The van der Waals surface area contributed by atoms with E-state index < -0.39 is 0 Å². The summed E-state index contributed by atoms with van der Waals surface area (Å²) in [5.74, 6) is 0.768. The summed E-state index contributed by atoms with van der Waals surface area (Å²) in [6.07, 6.45) is 6.33. The zero-order valence-electron chi connectivity index (χ0n) is 11.2. The Labute approximate surface area is 100 Å². The van der Waals surface area contributed by atoms with Gasteiger partial charge in [0.05, 0.1) is 0 Å². The Morgan fingerprint density at radius 2 is 1.94 bits per heavy atom. The Bertz CT molecular complexity index is 322. The van der Waals surface area contributed by atoms with E-state index in [1.807, 2.05) is 0 Å². The predicted molar refractivity (Wildman–Crippen MR) is 70.5 cm³/mol. The summed E-state index contributed by atoms with van der Waals surface area (Å²) in [6, 6.07) is 0.698. The Morgan fingerprint density at radius 1 is 1.25 bits per heavy atom. The van der Waals surface area contributed by atoms with E-state index in [0.29, 0.717) is 6.04 Å². The van der Waals surface area contributed by atoms with Crippen LogP contribution in [0.4, 0.5) is 0 Å². The maximum atomic E-state index is 2.62. The van der Waals surface area contributed by atoms with E-state index in [0.717, 1.165) is 5.92 Å². The van der Waals surface area contributed by atoms with Gasteiger partial charge in [-0.15, -0.1) is 0 Å². The molecule has 0 saturated heterocycles. The smallest absolute Gasteiger partial charge is 0.00388 e. The van der Waals surface area contributed by atoms with Crippen molar-refractivity contribution in [2.45, 2.75) is 53.0 Å². The minimum atomic E-state index is 0.698. The normalized spacial score (nSPS) is 27.8. The van der Waals surface area contributed by atoms with Crippen molar-refractivity contribution in [2.24, 2.45) is 5.92 Å². The molecule has 90 valence electrons. The van der Waals surface area contributed by atoms with E-state index in [2.05, 4.69) is 38.7 Å². The van der Waals surface area contributed by atoms with Crippen LogP contribution in [0.15, 0.2) is 22.8 Å². The Hall–Kier alpha value is -0.560. The van der Waals surface area contributed by atoms with Crippen LogP contribution in [0.5, 0.6) is 0 Å². The van der Waals surface area contributed by atoms with E-state index in [1.165, 1.54) is 32.4 Å². The Kier molecular flexibility index (Phi) is 3.53. The second-order valence-corrected chi connectivity index (χ2v) is 5.75. The molecule has 1 unspecified atom stereocenters. The molecule has 16 heavy (non-hydrogen) atoms. The van der Waals surface area contributed by atoms with Crippen LogP contribution >= 0.6 is 0 Å². The van der Waals surface area contributed by atoms with Crippen LogP contribution in [0.2, 0.25) is 0 Å². The highest BCUT2D eigenvalue weighted by atomic mass is 15.1. The molecule has 0 saturated carbocycles. The molecule has 1 aliphatic heterocycles. The van der Waals surface area contributed by atoms with Gasteiger partial charge in [-0.05, 0) is 51.5 Å². The van der Waals surface area contributed by atoms with Gasteiger partial charge in [0.2, 0.25) is 0 Å². The van der Waals surface area contributed by atoms with Crippen LogP contribution in [0.25, 0.3) is 0 Å². The van der Waals surface area contributed by atoms with Crippen molar-refractivity contribution in [3.63, 3.8) is 0 Å². The van der Waals surface area contributed by atoms with Crippen molar-refractivity contribution >= 4 is 0 Å². The van der Waals surface area contributed by atoms with E-state index in [9.17, 15) is 0 Å². The fraction of sp³-hybridized carbons (Fsp3) is 0.733. The number of hydrogen-bond donors (Lipinski definition) is 0. The summed E-state index contributed by atoms with van der Waals surface area (Å²) < 4.78 is 0. The lowest BCUT2D eigenvalue weighted by molar-refractivity contribution is 0.232. The molecule has 0 N–H and O–H groups in total. The number of hydrogen-bond acceptors (Lipinski definition) is 1. The largest absolute Gasteiger partial charge is 0.300 e. The summed E-state index contributed by atoms with van der Waals surface area (Å²) in [7, 11) is 0. The molecule has 1 heteroatoms. The van der Waals surface area contributed by atoms with Gasteiger partial charge in [-0.25, -0.2) is 0 Å². The Morgan fingerprint density at radius 3 is 2.62 bits per heavy atom. The molecule has 1 aliphatic carbocycles. The van der Waals surface area contributed by atoms with Crippen LogP contribution in [-0.2, 0) is 0 Å². The average Bonchev–Trinajstić information content (AvgIpc) is 2.41. The molecule has 2 rings (SSSR count). The van der Waals surface area contributed by atoms with E-state index in [4.69, 9.17) is 0 Å². The lowest BCUT2D eigenvalue weighted by atomic mass is 9.83. The molecule has 1 nitrogen and oxygen atoms in total. The fourth-order valence-corrected chi connectivity index (χ4v) is 2.86. The third-order valence-corrected chi connectivity index (χ3v) is 4.29. The van der Waals surface area contributed by atoms with Gasteiger partial charge in [0.1, 0.15) is 0 Å². The molecule has 0 amide bonds. The summed E-state index contributed by atoms with van der Waals surface area (Å²) in [5.41, 5.74) is 4.97. The highest BCUT2D eigenvalue weighted by Crippen LogP contribution is 2.34. The minimum Gasteiger partial charge on any atom is -0.300 e. The molecule has 0 aromatic heterocycles. The molecule has 1 heterocycles. The zero-order valence-corrected chi connectivity index (χ0v) is 11.2. The van der Waals surface area contributed by atoms with E-state index >= 15 is 0 Å². The second kappa shape index (κ2) is 4.75. The summed E-state index contributed by atoms with van der Waals surface area (Å²) in [6.45, 7) is 11.8. The highest BCUT2D eigenvalue weighted by molar-refractivity contribution is 5.35. The first-order valence-corrected chi connectivity index (χ1v) is 6.71. The van der Waals surface area contributed by atoms with E-state index in [-0.39, 0.29) is 0 Å². The first-order chi connectivity index (χ1) is 7.58. The highest BCUT2D eigenvalue weighted by Gasteiger charge is 2.22. The maximum Gasteiger partial charge on any atom is 0.00388 e. The predicted octanol–water partition coefficient (Wildman–Crippen LogP) is 3.77. The van der Waals surface area contributed by atoms with Crippen LogP contribution in [-0.4, -0.2) is 24.0 Å². The van der Waals surface area contributed by atoms with Gasteiger partial charge in [-0.2, -0.15) is 0 Å². The topological polar surface area (TPSA) is 3.24 Å². The quantitative estimate of drug-likeness (QED) is 0.649. The van der Waals surface area contributed by atoms with Gasteiger partial charge >= 0.3 is 0 Å². The monoisotopic (exact) mass is 219 g/mol. The Balaban J connectivity index is 2.11. The SMILES string of the molecule is CC1=CC2=C(CCN(C(C)C)CC2)CC1C. The van der Waals surface area contributed by atoms with Gasteiger partial charge in [-0.3, -0.25) is 0 Å². The van der Waals surface area contributed by atoms with Gasteiger partial charge in [-0.1, -0.05) is 24.1 Å². The van der Waals surface area contributed by atoms with Gasteiger partial charge in [0.15, 0.2) is 0 Å². The third-order valence-electron chi connectivity index (χ3n) is 4.29. The molecule has 2 aliphatic rings.